The lowest BCUT2D eigenvalue weighted by Gasteiger charge is -2.22. The molecule has 2 atom stereocenters. The highest BCUT2D eigenvalue weighted by Crippen LogP contribution is 2.49. The minimum Gasteiger partial charge on any atom is -0.496 e. The van der Waals surface area contributed by atoms with Crippen molar-refractivity contribution in [3.05, 3.63) is 138 Å². The Kier molecular flexibility index (Phi) is 12.2. The normalized spacial score (nSPS) is 15.0. The van der Waals surface area contributed by atoms with E-state index in [0.29, 0.717) is 56.9 Å². The summed E-state index contributed by atoms with van der Waals surface area (Å²) in [5.74, 6) is 1.03. The Labute approximate surface area is 355 Å². The fourth-order valence-electron chi connectivity index (χ4n) is 7.25. The van der Waals surface area contributed by atoms with Crippen LogP contribution < -0.4 is 23.7 Å². The molecule has 14 heteroatoms. The van der Waals surface area contributed by atoms with E-state index in [-0.39, 0.29) is 37.9 Å². The maximum absolute atomic E-state index is 14.2. The van der Waals surface area contributed by atoms with Crippen molar-refractivity contribution < 1.29 is 42.7 Å². The van der Waals surface area contributed by atoms with Gasteiger partial charge in [-0.05, 0) is 96.8 Å². The van der Waals surface area contributed by atoms with Crippen molar-refractivity contribution in [2.45, 2.75) is 39.1 Å². The van der Waals surface area contributed by atoms with E-state index >= 15 is 0 Å². The monoisotopic (exact) mass is 840 g/mol. The second-order valence-corrected chi connectivity index (χ2v) is 15.3. The van der Waals surface area contributed by atoms with Gasteiger partial charge in [-0.25, -0.2) is 29.1 Å². The van der Waals surface area contributed by atoms with Crippen LogP contribution in [0.25, 0.3) is 43.2 Å². The molecule has 0 aliphatic carbocycles. The summed E-state index contributed by atoms with van der Waals surface area (Å²) in [6.07, 6.45) is 2.55. The lowest BCUT2D eigenvalue weighted by molar-refractivity contribution is -0.145. The van der Waals surface area contributed by atoms with Crippen LogP contribution in [0.1, 0.15) is 22.4 Å². The van der Waals surface area contributed by atoms with Crippen molar-refractivity contribution in [3.63, 3.8) is 0 Å². The second-order valence-electron chi connectivity index (χ2n) is 14.3. The molecule has 0 unspecified atom stereocenters. The third-order valence-corrected chi connectivity index (χ3v) is 11.1. The van der Waals surface area contributed by atoms with E-state index in [2.05, 4.69) is 21.5 Å². The molecule has 0 saturated carbocycles. The van der Waals surface area contributed by atoms with Crippen LogP contribution in [-0.4, -0.2) is 70.2 Å². The Balaban J connectivity index is 1.22. The minimum absolute atomic E-state index is 0.0416. The second kappa shape index (κ2) is 18.2. The Morgan fingerprint density at radius 2 is 1.75 bits per heavy atom. The number of para-hydroxylation sites is 1. The number of aryl methyl sites for hydroxylation is 2. The van der Waals surface area contributed by atoms with Gasteiger partial charge in [0.05, 0.1) is 37.0 Å². The molecular weight excluding hydrogens is 800 g/mol. The number of fused-ring (bicyclic) bond motifs is 7. The number of ether oxygens (including phenoxy) is 6. The number of halogens is 1. The molecule has 3 aromatic heterocycles. The number of nitrogens with zero attached hydrogens (tertiary/aromatic N) is 4. The van der Waals surface area contributed by atoms with Crippen molar-refractivity contribution in [1.29, 1.82) is 0 Å². The lowest BCUT2D eigenvalue weighted by atomic mass is 9.92. The number of thiophene rings is 1. The molecule has 0 saturated heterocycles. The number of carboxylic acids is 1. The topological polar surface area (TPSA) is 144 Å². The number of rotatable bonds is 11. The van der Waals surface area contributed by atoms with E-state index in [9.17, 15) is 14.3 Å². The first-order valence-electron chi connectivity index (χ1n) is 19.4. The molecular formula is C47H41FN4O8S. The van der Waals surface area contributed by atoms with Crippen molar-refractivity contribution in [1.82, 2.24) is 19.9 Å². The number of carboxylic acid groups (broad SMARTS) is 1. The van der Waals surface area contributed by atoms with Gasteiger partial charge in [-0.15, -0.1) is 17.9 Å². The first kappa shape index (κ1) is 40.9. The molecule has 9 rings (SSSR count). The minimum atomic E-state index is -1.43. The van der Waals surface area contributed by atoms with Crippen LogP contribution >= 0.6 is 11.3 Å². The van der Waals surface area contributed by atoms with Gasteiger partial charge in [0.2, 0.25) is 12.0 Å². The van der Waals surface area contributed by atoms with E-state index in [1.54, 1.807) is 55.8 Å². The Morgan fingerprint density at radius 1 is 0.951 bits per heavy atom. The largest absolute Gasteiger partial charge is 0.496 e. The smallest absolute Gasteiger partial charge is 0.345 e. The molecule has 12 nitrogen and oxygen atoms in total. The fourth-order valence-corrected chi connectivity index (χ4v) is 8.40. The number of hydrogen-bond acceptors (Lipinski definition) is 12. The zero-order valence-electron chi connectivity index (χ0n) is 33.6. The summed E-state index contributed by atoms with van der Waals surface area (Å²) in [6.45, 7) is 8.37. The average Bonchev–Trinajstić information content (AvgIpc) is 3.64. The highest BCUT2D eigenvalue weighted by molar-refractivity contribution is 7.22. The van der Waals surface area contributed by atoms with Crippen molar-refractivity contribution in [3.8, 4) is 61.8 Å². The predicted molar refractivity (Wildman–Crippen MR) is 229 cm³/mol. The zero-order valence-corrected chi connectivity index (χ0v) is 34.4. The summed E-state index contributed by atoms with van der Waals surface area (Å²) in [5.41, 5.74) is 5.87. The molecule has 5 heterocycles. The van der Waals surface area contributed by atoms with Crippen LogP contribution in [0.4, 0.5) is 4.39 Å². The van der Waals surface area contributed by atoms with Crippen molar-refractivity contribution >= 4 is 27.5 Å². The van der Waals surface area contributed by atoms with Gasteiger partial charge in [-0.1, -0.05) is 30.3 Å². The number of aliphatic carboxylic acids is 1. The number of methoxy groups -OCH3 is 1. The van der Waals surface area contributed by atoms with E-state index in [1.165, 1.54) is 29.8 Å². The van der Waals surface area contributed by atoms with Gasteiger partial charge in [0.25, 0.3) is 0 Å². The standard InChI is InChI=1S/C47H41FN4O8S/c1-5-18-56-24-35-25-57-33-14-15-37(58-23-32-16-17-49-44(52-32)36-8-6-7-9-38(36)55-4)30(21-33)22-39(47(53)54)60-45-42-41(40-27(2)19-34(59-35)20-28(40)3)43(61-46(42)51-26-50-45)29-10-12-31(48)13-11-29/h5-17,19-21,26,35,39H,1,18,22-25H2,2-4H3,(H,53,54)/t35-,39-/m1/s1. The van der Waals surface area contributed by atoms with Crippen LogP contribution in [0.15, 0.2) is 110 Å². The summed E-state index contributed by atoms with van der Waals surface area (Å²) in [5, 5.41) is 11.3. The van der Waals surface area contributed by atoms with Crippen molar-refractivity contribution in [2.75, 3.05) is 26.9 Å². The molecule has 4 bridgehead atoms. The molecule has 2 aliphatic heterocycles. The van der Waals surface area contributed by atoms with Gasteiger partial charge < -0.3 is 33.5 Å². The highest BCUT2D eigenvalue weighted by atomic mass is 32.1. The van der Waals surface area contributed by atoms with Crippen LogP contribution in [0.3, 0.4) is 0 Å². The summed E-state index contributed by atoms with van der Waals surface area (Å²) in [6, 6.07) is 24.5. The van der Waals surface area contributed by atoms with Gasteiger partial charge in [0.1, 0.15) is 53.2 Å². The van der Waals surface area contributed by atoms with E-state index in [0.717, 1.165) is 38.3 Å². The van der Waals surface area contributed by atoms with Crippen LogP contribution in [0.5, 0.6) is 28.9 Å². The third kappa shape index (κ3) is 9.00. The van der Waals surface area contributed by atoms with Crippen molar-refractivity contribution in [2.24, 2.45) is 0 Å². The lowest BCUT2D eigenvalue weighted by Crippen LogP contribution is -2.31. The van der Waals surface area contributed by atoms with E-state index in [4.69, 9.17) is 33.4 Å². The Hall–Kier alpha value is -6.90. The number of benzene rings is 4. The van der Waals surface area contributed by atoms with Gasteiger partial charge in [0.15, 0.2) is 11.9 Å². The molecule has 7 aromatic rings. The van der Waals surface area contributed by atoms with Gasteiger partial charge in [-0.3, -0.25) is 0 Å². The van der Waals surface area contributed by atoms with E-state index in [1.807, 2.05) is 50.2 Å². The maximum atomic E-state index is 14.2. The summed E-state index contributed by atoms with van der Waals surface area (Å²) >= 11 is 1.38. The van der Waals surface area contributed by atoms with Gasteiger partial charge >= 0.3 is 5.97 Å². The summed E-state index contributed by atoms with van der Waals surface area (Å²) in [7, 11) is 1.59. The third-order valence-electron chi connectivity index (χ3n) is 10.00. The Morgan fingerprint density at radius 3 is 2.52 bits per heavy atom. The molecule has 4 aromatic carbocycles. The first-order valence-corrected chi connectivity index (χ1v) is 20.2. The van der Waals surface area contributed by atoms with Gasteiger partial charge in [-0.2, -0.15) is 0 Å². The summed E-state index contributed by atoms with van der Waals surface area (Å²) < 4.78 is 51.3. The van der Waals surface area contributed by atoms with Crippen LogP contribution in [0, 0.1) is 19.7 Å². The average molecular weight is 841 g/mol. The molecule has 0 spiro atoms. The first-order chi connectivity index (χ1) is 29.7. The maximum Gasteiger partial charge on any atom is 0.345 e. The number of aromatic nitrogens is 4. The fraction of sp³-hybridized carbons (Fsp3) is 0.213. The molecule has 0 fully saturated rings. The quantitative estimate of drug-likeness (QED) is 0.0980. The molecule has 61 heavy (non-hydrogen) atoms. The Bertz CT molecular complexity index is 2700. The molecule has 310 valence electrons. The number of carbonyl (C=O) groups is 1. The summed E-state index contributed by atoms with van der Waals surface area (Å²) in [4.78, 5) is 32.8. The molecule has 0 radical (unpaired) electrons. The highest BCUT2D eigenvalue weighted by Gasteiger charge is 2.29. The SMILES string of the molecule is C=CCOC[C@@H]1COc2ccc(OCc3ccnc(-c4ccccc4OC)n3)c(c2)C[C@H](C(=O)O)Oc2ncnc3sc(-c4ccc(F)cc4)c(c23)-c2c(C)cc(cc2C)O1. The van der Waals surface area contributed by atoms with Gasteiger partial charge in [0, 0.05) is 28.6 Å². The van der Waals surface area contributed by atoms with Crippen LogP contribution in [0.2, 0.25) is 0 Å². The molecule has 2 aliphatic rings. The van der Waals surface area contributed by atoms with E-state index < -0.39 is 18.2 Å². The predicted octanol–water partition coefficient (Wildman–Crippen LogP) is 9.24. The van der Waals surface area contributed by atoms with Crippen LogP contribution in [-0.2, 0) is 22.6 Å². The number of hydrogen-bond donors (Lipinski definition) is 1. The molecule has 0 amide bonds. The zero-order chi connectivity index (χ0) is 42.5. The molecule has 1 N–H and O–H groups in total.